The first-order valence-corrected chi connectivity index (χ1v) is 10.6. The number of fused-ring (bicyclic) bond motifs is 2. The van der Waals surface area contributed by atoms with Crippen LogP contribution in [0.25, 0.3) is 21.5 Å². The molecule has 0 saturated carbocycles. The van der Waals surface area contributed by atoms with E-state index in [9.17, 15) is 0 Å². The number of methoxy groups -OCH3 is 1. The highest BCUT2D eigenvalue weighted by molar-refractivity contribution is 5.84. The van der Waals surface area contributed by atoms with E-state index >= 15 is 0 Å². The van der Waals surface area contributed by atoms with Crippen LogP contribution in [0.15, 0.2) is 73.1 Å². The molecule has 0 unspecified atom stereocenters. The van der Waals surface area contributed by atoms with Crippen molar-refractivity contribution in [3.63, 3.8) is 0 Å². The maximum Gasteiger partial charge on any atom is 0.120 e. The van der Waals surface area contributed by atoms with Crippen LogP contribution in [0, 0.1) is 0 Å². The van der Waals surface area contributed by atoms with Gasteiger partial charge in [-0.2, -0.15) is 0 Å². The summed E-state index contributed by atoms with van der Waals surface area (Å²) in [6.45, 7) is 3.10. The largest absolute Gasteiger partial charge is 0.497 e. The van der Waals surface area contributed by atoms with Gasteiger partial charge in [0.15, 0.2) is 0 Å². The van der Waals surface area contributed by atoms with Crippen molar-refractivity contribution in [2.75, 3.05) is 20.2 Å². The number of ether oxygens (including phenoxy) is 2. The lowest BCUT2D eigenvalue weighted by molar-refractivity contribution is 0.0969. The van der Waals surface area contributed by atoms with E-state index in [-0.39, 0.29) is 6.10 Å². The first-order valence-electron chi connectivity index (χ1n) is 10.6. The minimum atomic E-state index is 0.282. The van der Waals surface area contributed by atoms with Crippen molar-refractivity contribution < 1.29 is 9.47 Å². The molecule has 2 heterocycles. The lowest BCUT2D eigenvalue weighted by Gasteiger charge is -2.32. The number of pyridine rings is 1. The standard InChI is InChI=1S/C26H26N2O2/c1-29-25-6-4-20-14-19(2-3-21(20)15-25)18-28-12-9-24(10-13-28)30-26-7-5-23-17-27-11-8-22(23)16-26/h2-8,11,14-17,24H,9-10,12-13,18H2,1H3. The summed E-state index contributed by atoms with van der Waals surface area (Å²) in [5.41, 5.74) is 1.36. The normalized spacial score (nSPS) is 15.5. The van der Waals surface area contributed by atoms with Gasteiger partial charge in [0, 0.05) is 37.4 Å². The minimum absolute atomic E-state index is 0.282. The lowest BCUT2D eigenvalue weighted by Crippen LogP contribution is -2.37. The minimum Gasteiger partial charge on any atom is -0.497 e. The third-order valence-corrected chi connectivity index (χ3v) is 5.97. The molecule has 1 aromatic heterocycles. The molecule has 0 spiro atoms. The second-order valence-corrected chi connectivity index (χ2v) is 8.03. The number of nitrogens with zero attached hydrogens (tertiary/aromatic N) is 2. The predicted octanol–water partition coefficient (Wildman–Crippen LogP) is 5.44. The lowest BCUT2D eigenvalue weighted by atomic mass is 10.0. The van der Waals surface area contributed by atoms with Gasteiger partial charge in [-0.3, -0.25) is 9.88 Å². The summed E-state index contributed by atoms with van der Waals surface area (Å²) in [5.74, 6) is 1.86. The van der Waals surface area contributed by atoms with Crippen molar-refractivity contribution in [3.8, 4) is 11.5 Å². The third kappa shape index (κ3) is 4.10. The molecule has 5 rings (SSSR count). The number of hydrogen-bond donors (Lipinski definition) is 0. The van der Waals surface area contributed by atoms with Gasteiger partial charge < -0.3 is 9.47 Å². The quantitative estimate of drug-likeness (QED) is 0.448. The Morgan fingerprint density at radius 2 is 1.53 bits per heavy atom. The van der Waals surface area contributed by atoms with E-state index in [0.29, 0.717) is 0 Å². The van der Waals surface area contributed by atoms with Crippen LogP contribution in [0.2, 0.25) is 0 Å². The van der Waals surface area contributed by atoms with Crippen LogP contribution in [0.4, 0.5) is 0 Å². The van der Waals surface area contributed by atoms with Gasteiger partial charge in [0.2, 0.25) is 0 Å². The second kappa shape index (κ2) is 8.33. The fourth-order valence-electron chi connectivity index (χ4n) is 4.27. The topological polar surface area (TPSA) is 34.6 Å². The Balaban J connectivity index is 1.19. The van der Waals surface area contributed by atoms with Gasteiger partial charge in [0.1, 0.15) is 17.6 Å². The van der Waals surface area contributed by atoms with E-state index in [4.69, 9.17) is 9.47 Å². The van der Waals surface area contributed by atoms with Crippen LogP contribution in [0.3, 0.4) is 0 Å². The number of hydrogen-bond acceptors (Lipinski definition) is 4. The highest BCUT2D eigenvalue weighted by Gasteiger charge is 2.20. The first kappa shape index (κ1) is 18.9. The number of rotatable bonds is 5. The van der Waals surface area contributed by atoms with Gasteiger partial charge in [-0.05, 0) is 77.0 Å². The summed E-state index contributed by atoms with van der Waals surface area (Å²) < 4.78 is 11.6. The van der Waals surface area contributed by atoms with E-state index < -0.39 is 0 Å². The SMILES string of the molecule is COc1ccc2cc(CN3CCC(Oc4ccc5cnccc5c4)CC3)ccc2c1. The molecule has 1 saturated heterocycles. The Bertz CT molecular complexity index is 1170. The fraction of sp³-hybridized carbons (Fsp3) is 0.269. The summed E-state index contributed by atoms with van der Waals surface area (Å²) >= 11 is 0. The highest BCUT2D eigenvalue weighted by atomic mass is 16.5. The molecule has 4 aromatic rings. The van der Waals surface area contributed by atoms with Crippen LogP contribution in [-0.2, 0) is 6.54 Å². The first-order chi connectivity index (χ1) is 14.8. The summed E-state index contributed by atoms with van der Waals surface area (Å²) in [7, 11) is 1.71. The molecule has 0 amide bonds. The molecule has 0 atom stereocenters. The summed E-state index contributed by atoms with van der Waals surface area (Å²) in [6, 6.07) is 21.3. The molecule has 152 valence electrons. The number of benzene rings is 3. The van der Waals surface area contributed by atoms with E-state index in [1.165, 1.54) is 21.7 Å². The molecule has 30 heavy (non-hydrogen) atoms. The zero-order valence-electron chi connectivity index (χ0n) is 17.3. The van der Waals surface area contributed by atoms with Gasteiger partial charge in [0.25, 0.3) is 0 Å². The maximum absolute atomic E-state index is 6.28. The molecule has 4 nitrogen and oxygen atoms in total. The van der Waals surface area contributed by atoms with Gasteiger partial charge in [-0.1, -0.05) is 18.2 Å². The third-order valence-electron chi connectivity index (χ3n) is 5.97. The molecular formula is C26H26N2O2. The molecule has 0 N–H and O–H groups in total. The van der Waals surface area contributed by atoms with Crippen LogP contribution >= 0.6 is 0 Å². The average Bonchev–Trinajstić information content (AvgIpc) is 2.80. The Kier molecular flexibility index (Phi) is 5.24. The van der Waals surface area contributed by atoms with Gasteiger partial charge in [-0.15, -0.1) is 0 Å². The van der Waals surface area contributed by atoms with E-state index in [2.05, 4.69) is 58.4 Å². The zero-order chi connectivity index (χ0) is 20.3. The summed E-state index contributed by atoms with van der Waals surface area (Å²) in [6.07, 6.45) is 6.11. The van der Waals surface area contributed by atoms with Gasteiger partial charge >= 0.3 is 0 Å². The Morgan fingerprint density at radius 1 is 0.833 bits per heavy atom. The molecule has 0 aliphatic carbocycles. The van der Waals surface area contributed by atoms with Crippen molar-refractivity contribution in [1.82, 2.24) is 9.88 Å². The molecule has 1 aliphatic heterocycles. The molecule has 3 aromatic carbocycles. The Morgan fingerprint density at radius 3 is 2.40 bits per heavy atom. The summed E-state index contributed by atoms with van der Waals surface area (Å²) in [4.78, 5) is 6.70. The van der Waals surface area contributed by atoms with Crippen molar-refractivity contribution in [3.05, 3.63) is 78.6 Å². The predicted molar refractivity (Wildman–Crippen MR) is 121 cm³/mol. The van der Waals surface area contributed by atoms with Crippen LogP contribution in [0.5, 0.6) is 11.5 Å². The molecule has 0 radical (unpaired) electrons. The van der Waals surface area contributed by atoms with E-state index in [1.54, 1.807) is 7.11 Å². The summed E-state index contributed by atoms with van der Waals surface area (Å²) in [5, 5.41) is 4.80. The molecule has 0 bridgehead atoms. The van der Waals surface area contributed by atoms with Crippen molar-refractivity contribution in [2.45, 2.75) is 25.5 Å². The Labute approximate surface area is 177 Å². The van der Waals surface area contributed by atoms with Crippen LogP contribution < -0.4 is 9.47 Å². The van der Waals surface area contributed by atoms with Crippen LogP contribution in [-0.4, -0.2) is 36.2 Å². The molecule has 4 heteroatoms. The van der Waals surface area contributed by atoms with Gasteiger partial charge in [-0.25, -0.2) is 0 Å². The van der Waals surface area contributed by atoms with E-state index in [1.807, 2.05) is 24.5 Å². The Hall–Kier alpha value is -3.11. The van der Waals surface area contributed by atoms with Gasteiger partial charge in [0.05, 0.1) is 7.11 Å². The van der Waals surface area contributed by atoms with E-state index in [0.717, 1.165) is 49.4 Å². The highest BCUT2D eigenvalue weighted by Crippen LogP contribution is 2.25. The maximum atomic E-state index is 6.28. The number of likely N-dealkylation sites (tertiary alicyclic amines) is 1. The molecule has 1 fully saturated rings. The van der Waals surface area contributed by atoms with Crippen molar-refractivity contribution >= 4 is 21.5 Å². The van der Waals surface area contributed by atoms with Crippen molar-refractivity contribution in [1.29, 1.82) is 0 Å². The smallest absolute Gasteiger partial charge is 0.120 e. The average molecular weight is 399 g/mol. The zero-order valence-corrected chi connectivity index (χ0v) is 17.3. The second-order valence-electron chi connectivity index (χ2n) is 8.03. The van der Waals surface area contributed by atoms with Crippen LogP contribution in [0.1, 0.15) is 18.4 Å². The number of aromatic nitrogens is 1. The molecule has 1 aliphatic rings. The van der Waals surface area contributed by atoms with Crippen molar-refractivity contribution in [2.24, 2.45) is 0 Å². The fourth-order valence-corrected chi connectivity index (χ4v) is 4.27. The monoisotopic (exact) mass is 398 g/mol. The number of piperidine rings is 1. The molecular weight excluding hydrogens is 372 g/mol.